The molecule has 3 aromatic rings. The number of rotatable bonds is 4. The zero-order valence-corrected chi connectivity index (χ0v) is 12.6. The second-order valence-electron chi connectivity index (χ2n) is 4.84. The minimum Gasteiger partial charge on any atom is -0.309 e. The van der Waals surface area contributed by atoms with E-state index in [4.69, 9.17) is 0 Å². The molecule has 3 heteroatoms. The molecule has 2 nitrogen and oxygen atoms in total. The molecule has 0 radical (unpaired) electrons. The molecule has 20 heavy (non-hydrogen) atoms. The van der Waals surface area contributed by atoms with Gasteiger partial charge in [-0.05, 0) is 35.9 Å². The average Bonchev–Trinajstić information content (AvgIpc) is 2.97. The van der Waals surface area contributed by atoms with Gasteiger partial charge in [0.25, 0.3) is 0 Å². The zero-order valence-electron chi connectivity index (χ0n) is 11.8. The van der Waals surface area contributed by atoms with Crippen molar-refractivity contribution in [1.29, 1.82) is 0 Å². The van der Waals surface area contributed by atoms with E-state index in [1.807, 2.05) is 30.8 Å². The van der Waals surface area contributed by atoms with Crippen molar-refractivity contribution < 1.29 is 0 Å². The first-order valence-corrected chi connectivity index (χ1v) is 7.79. The lowest BCUT2D eigenvalue weighted by Gasteiger charge is -2.18. The van der Waals surface area contributed by atoms with Crippen molar-refractivity contribution >= 4 is 22.1 Å². The van der Waals surface area contributed by atoms with E-state index in [1.54, 1.807) is 0 Å². The van der Waals surface area contributed by atoms with Crippen molar-refractivity contribution in [2.24, 2.45) is 0 Å². The Morgan fingerprint density at radius 3 is 2.85 bits per heavy atom. The fraction of sp³-hybridized carbons (Fsp3) is 0.235. The summed E-state index contributed by atoms with van der Waals surface area (Å²) in [4.78, 5) is 5.81. The summed E-state index contributed by atoms with van der Waals surface area (Å²) in [5.74, 6) is 0. The molecule has 0 saturated carbocycles. The number of pyridine rings is 1. The Kier molecular flexibility index (Phi) is 3.81. The van der Waals surface area contributed by atoms with Gasteiger partial charge in [0.1, 0.15) is 0 Å². The molecule has 0 aliphatic carbocycles. The topological polar surface area (TPSA) is 24.9 Å². The van der Waals surface area contributed by atoms with Gasteiger partial charge in [-0.1, -0.05) is 31.2 Å². The Morgan fingerprint density at radius 1 is 1.20 bits per heavy atom. The maximum absolute atomic E-state index is 4.41. The molecule has 1 N–H and O–H groups in total. The van der Waals surface area contributed by atoms with Crippen LogP contribution in [0.4, 0.5) is 0 Å². The highest BCUT2D eigenvalue weighted by Gasteiger charge is 2.18. The van der Waals surface area contributed by atoms with Gasteiger partial charge in [0, 0.05) is 28.2 Å². The van der Waals surface area contributed by atoms with Gasteiger partial charge in [0.05, 0.1) is 6.04 Å². The highest BCUT2D eigenvalue weighted by atomic mass is 32.1. The number of thiophene rings is 1. The van der Waals surface area contributed by atoms with E-state index >= 15 is 0 Å². The molecule has 0 saturated heterocycles. The number of aromatic nitrogens is 1. The molecular weight excluding hydrogens is 264 g/mol. The molecule has 3 rings (SSSR count). The van der Waals surface area contributed by atoms with Crippen LogP contribution in [0, 0.1) is 0 Å². The minimum atomic E-state index is 0.212. The van der Waals surface area contributed by atoms with Gasteiger partial charge in [0.2, 0.25) is 0 Å². The van der Waals surface area contributed by atoms with Crippen molar-refractivity contribution in [3.05, 3.63) is 64.1 Å². The van der Waals surface area contributed by atoms with Gasteiger partial charge in [-0.25, -0.2) is 0 Å². The standard InChI is InChI=1S/C17H18N2S/c1-3-12-8-9-20-17(12)16(18-2)15-11-19-10-13-6-4-5-7-14(13)15/h4-11,16,18H,3H2,1-2H3. The van der Waals surface area contributed by atoms with E-state index in [2.05, 4.69) is 52.9 Å². The van der Waals surface area contributed by atoms with Crippen LogP contribution in [0.1, 0.15) is 29.0 Å². The predicted octanol–water partition coefficient (Wildman–Crippen LogP) is 4.17. The van der Waals surface area contributed by atoms with E-state index in [0.717, 1.165) is 6.42 Å². The highest BCUT2D eigenvalue weighted by Crippen LogP contribution is 2.33. The van der Waals surface area contributed by atoms with Crippen molar-refractivity contribution in [2.45, 2.75) is 19.4 Å². The van der Waals surface area contributed by atoms with Crippen LogP contribution >= 0.6 is 11.3 Å². The fourth-order valence-electron chi connectivity index (χ4n) is 2.69. The Morgan fingerprint density at radius 2 is 2.05 bits per heavy atom. The van der Waals surface area contributed by atoms with Crippen LogP contribution in [0.5, 0.6) is 0 Å². The Bertz CT molecular complexity index is 712. The molecule has 1 aromatic carbocycles. The number of fused-ring (bicyclic) bond motifs is 1. The SMILES string of the molecule is CCc1ccsc1C(NC)c1cncc2ccccc12. The molecule has 0 aliphatic rings. The molecule has 1 atom stereocenters. The molecular formula is C17H18N2S. The van der Waals surface area contributed by atoms with Crippen LogP contribution in [0.25, 0.3) is 10.8 Å². The van der Waals surface area contributed by atoms with Crippen molar-refractivity contribution in [2.75, 3.05) is 7.05 Å². The summed E-state index contributed by atoms with van der Waals surface area (Å²) >= 11 is 1.82. The Balaban J connectivity index is 2.17. The lowest BCUT2D eigenvalue weighted by molar-refractivity contribution is 0.699. The summed E-state index contributed by atoms with van der Waals surface area (Å²) in [5, 5.41) is 8.11. The van der Waals surface area contributed by atoms with E-state index in [9.17, 15) is 0 Å². The number of hydrogen-bond acceptors (Lipinski definition) is 3. The third-order valence-corrected chi connectivity index (χ3v) is 4.75. The maximum Gasteiger partial charge on any atom is 0.0692 e. The summed E-state index contributed by atoms with van der Waals surface area (Å²) in [5.41, 5.74) is 2.67. The average molecular weight is 282 g/mol. The lowest BCUT2D eigenvalue weighted by atomic mass is 9.98. The summed E-state index contributed by atoms with van der Waals surface area (Å²) < 4.78 is 0. The van der Waals surface area contributed by atoms with Crippen LogP contribution in [-0.2, 0) is 6.42 Å². The van der Waals surface area contributed by atoms with E-state index < -0.39 is 0 Å². The molecule has 0 aliphatic heterocycles. The van der Waals surface area contributed by atoms with Gasteiger partial charge >= 0.3 is 0 Å². The Hall–Kier alpha value is -1.71. The number of nitrogens with zero attached hydrogens (tertiary/aromatic N) is 1. The van der Waals surface area contributed by atoms with Gasteiger partial charge in [-0.3, -0.25) is 4.98 Å². The number of hydrogen-bond donors (Lipinski definition) is 1. The quantitative estimate of drug-likeness (QED) is 0.777. The first kappa shape index (κ1) is 13.3. The van der Waals surface area contributed by atoms with E-state index in [0.29, 0.717) is 0 Å². The minimum absolute atomic E-state index is 0.212. The second-order valence-corrected chi connectivity index (χ2v) is 5.78. The highest BCUT2D eigenvalue weighted by molar-refractivity contribution is 7.10. The first-order valence-electron chi connectivity index (χ1n) is 6.91. The van der Waals surface area contributed by atoms with Crippen LogP contribution in [0.3, 0.4) is 0 Å². The lowest BCUT2D eigenvalue weighted by Crippen LogP contribution is -2.18. The smallest absolute Gasteiger partial charge is 0.0692 e. The van der Waals surface area contributed by atoms with Gasteiger partial charge in [0.15, 0.2) is 0 Å². The predicted molar refractivity (Wildman–Crippen MR) is 86.3 cm³/mol. The summed E-state index contributed by atoms with van der Waals surface area (Å²) in [7, 11) is 2.02. The normalized spacial score (nSPS) is 12.7. The van der Waals surface area contributed by atoms with Gasteiger partial charge in [-0.15, -0.1) is 11.3 Å². The van der Waals surface area contributed by atoms with Crippen LogP contribution in [0.15, 0.2) is 48.1 Å². The summed E-state index contributed by atoms with van der Waals surface area (Å²) in [6.45, 7) is 2.21. The Labute approximate surface area is 123 Å². The van der Waals surface area contributed by atoms with E-state index in [1.165, 1.54) is 26.8 Å². The monoisotopic (exact) mass is 282 g/mol. The third kappa shape index (κ3) is 2.23. The van der Waals surface area contributed by atoms with E-state index in [-0.39, 0.29) is 6.04 Å². The molecule has 0 spiro atoms. The van der Waals surface area contributed by atoms with Crippen molar-refractivity contribution in [3.63, 3.8) is 0 Å². The second kappa shape index (κ2) is 5.73. The summed E-state index contributed by atoms with van der Waals surface area (Å²) in [6.07, 6.45) is 4.98. The number of aryl methyl sites for hydroxylation is 1. The molecule has 2 aromatic heterocycles. The summed E-state index contributed by atoms with van der Waals surface area (Å²) in [6, 6.07) is 10.9. The third-order valence-electron chi connectivity index (χ3n) is 3.72. The number of nitrogens with one attached hydrogen (secondary N) is 1. The molecule has 2 heterocycles. The van der Waals surface area contributed by atoms with Crippen LogP contribution in [0.2, 0.25) is 0 Å². The van der Waals surface area contributed by atoms with Crippen molar-refractivity contribution in [1.82, 2.24) is 10.3 Å². The first-order chi connectivity index (χ1) is 9.85. The molecule has 1 unspecified atom stereocenters. The largest absolute Gasteiger partial charge is 0.309 e. The zero-order chi connectivity index (χ0) is 13.9. The number of benzene rings is 1. The van der Waals surface area contributed by atoms with Crippen LogP contribution < -0.4 is 5.32 Å². The molecule has 0 bridgehead atoms. The van der Waals surface area contributed by atoms with Crippen molar-refractivity contribution in [3.8, 4) is 0 Å². The molecule has 0 amide bonds. The molecule has 0 fully saturated rings. The van der Waals surface area contributed by atoms with Crippen LogP contribution in [-0.4, -0.2) is 12.0 Å². The fourth-order valence-corrected chi connectivity index (χ4v) is 3.81. The molecule has 102 valence electrons. The maximum atomic E-state index is 4.41. The van der Waals surface area contributed by atoms with Gasteiger partial charge in [-0.2, -0.15) is 0 Å². The van der Waals surface area contributed by atoms with Gasteiger partial charge < -0.3 is 5.32 Å².